The van der Waals surface area contributed by atoms with Crippen LogP contribution in [-0.2, 0) is 4.74 Å². The lowest BCUT2D eigenvalue weighted by atomic mass is 9.80. The van der Waals surface area contributed by atoms with Crippen LogP contribution >= 0.6 is 0 Å². The van der Waals surface area contributed by atoms with Crippen molar-refractivity contribution in [3.05, 3.63) is 29.8 Å². The van der Waals surface area contributed by atoms with E-state index in [1.165, 1.54) is 19.3 Å². The number of carbonyl (C=O) groups is 1. The third-order valence-electron chi connectivity index (χ3n) is 5.44. The lowest BCUT2D eigenvalue weighted by Crippen LogP contribution is -2.59. The molecule has 0 N–H and O–H groups in total. The van der Waals surface area contributed by atoms with Crippen molar-refractivity contribution in [2.24, 2.45) is 0 Å². The number of ether oxygens (including phenoxy) is 2. The van der Waals surface area contributed by atoms with E-state index in [0.717, 1.165) is 25.1 Å². The van der Waals surface area contributed by atoms with Crippen molar-refractivity contribution in [3.8, 4) is 5.75 Å². The highest BCUT2D eigenvalue weighted by molar-refractivity contribution is 5.89. The molecule has 0 amide bonds. The Kier molecular flexibility index (Phi) is 7.10. The van der Waals surface area contributed by atoms with Gasteiger partial charge in [-0.2, -0.15) is 0 Å². The third-order valence-corrected chi connectivity index (χ3v) is 5.44. The highest BCUT2D eigenvalue weighted by atomic mass is 16.5. The quantitative estimate of drug-likeness (QED) is 0.479. The van der Waals surface area contributed by atoms with Gasteiger partial charge in [0.25, 0.3) is 0 Å². The van der Waals surface area contributed by atoms with E-state index < -0.39 is 0 Å². The van der Waals surface area contributed by atoms with Crippen molar-refractivity contribution >= 4 is 5.97 Å². The molecule has 0 saturated carbocycles. The van der Waals surface area contributed by atoms with E-state index in [4.69, 9.17) is 9.47 Å². The molecule has 0 atom stereocenters. The monoisotopic (exact) mass is 361 g/mol. The Morgan fingerprint density at radius 2 is 1.65 bits per heavy atom. The maximum absolute atomic E-state index is 12.3. The number of benzene rings is 1. The van der Waals surface area contributed by atoms with E-state index in [1.807, 2.05) is 12.1 Å². The average Bonchev–Trinajstić information content (AvgIpc) is 2.57. The average molecular weight is 362 g/mol. The zero-order valence-electron chi connectivity index (χ0n) is 17.1. The molecule has 1 fully saturated rings. The van der Waals surface area contributed by atoms with Gasteiger partial charge in [0.1, 0.15) is 12.4 Å². The van der Waals surface area contributed by atoms with Crippen LogP contribution in [0.1, 0.15) is 77.1 Å². The lowest BCUT2D eigenvalue weighted by Gasteiger charge is -2.52. The number of carbonyl (C=O) groups excluding carboxylic acids is 1. The first-order valence-corrected chi connectivity index (χ1v) is 9.94. The molecule has 2 rings (SSSR count). The molecular weight excluding hydrogens is 326 g/mol. The molecule has 1 aromatic carbocycles. The maximum atomic E-state index is 12.3. The first-order chi connectivity index (χ1) is 12.3. The Labute approximate surface area is 158 Å². The molecular formula is C22H35NO3. The number of rotatable bonds is 8. The molecule has 0 spiro atoms. The topological polar surface area (TPSA) is 38.8 Å². The summed E-state index contributed by atoms with van der Waals surface area (Å²) in [6.07, 6.45) is 5.76. The normalized spacial score (nSPS) is 19.1. The van der Waals surface area contributed by atoms with Crippen LogP contribution in [0.4, 0.5) is 0 Å². The number of nitrogens with zero attached hydrogens (tertiary/aromatic N) is 1. The molecule has 0 aromatic heterocycles. The van der Waals surface area contributed by atoms with Gasteiger partial charge in [0, 0.05) is 17.6 Å². The van der Waals surface area contributed by atoms with Gasteiger partial charge in [-0.3, -0.25) is 4.90 Å². The van der Waals surface area contributed by atoms with Crippen LogP contribution in [0.15, 0.2) is 24.3 Å². The van der Waals surface area contributed by atoms with Gasteiger partial charge in [0.15, 0.2) is 0 Å². The van der Waals surface area contributed by atoms with Gasteiger partial charge in [-0.05, 0) is 77.6 Å². The molecule has 0 radical (unpaired) electrons. The molecule has 0 bridgehead atoms. The van der Waals surface area contributed by atoms with Crippen LogP contribution in [0, 0.1) is 0 Å². The molecule has 26 heavy (non-hydrogen) atoms. The summed E-state index contributed by atoms with van der Waals surface area (Å²) in [7, 11) is 0. The van der Waals surface area contributed by atoms with Crippen LogP contribution < -0.4 is 4.74 Å². The summed E-state index contributed by atoms with van der Waals surface area (Å²) in [6, 6.07) is 7.23. The van der Waals surface area contributed by atoms with Gasteiger partial charge in [0.05, 0.1) is 12.2 Å². The fraction of sp³-hybridized carbons (Fsp3) is 0.682. The van der Waals surface area contributed by atoms with Crippen LogP contribution in [0.2, 0.25) is 0 Å². The molecule has 146 valence electrons. The van der Waals surface area contributed by atoms with Gasteiger partial charge in [0.2, 0.25) is 0 Å². The largest absolute Gasteiger partial charge is 0.494 e. The molecule has 4 nitrogen and oxygen atoms in total. The van der Waals surface area contributed by atoms with Gasteiger partial charge in [-0.15, -0.1) is 0 Å². The second-order valence-electron chi connectivity index (χ2n) is 8.49. The van der Waals surface area contributed by atoms with Crippen molar-refractivity contribution in [2.45, 2.75) is 77.8 Å². The fourth-order valence-corrected chi connectivity index (χ4v) is 3.98. The number of likely N-dealkylation sites (tertiary alicyclic amines) is 1. The van der Waals surface area contributed by atoms with Crippen LogP contribution in [0.5, 0.6) is 5.75 Å². The number of piperidine rings is 1. The highest BCUT2D eigenvalue weighted by Gasteiger charge is 2.40. The Morgan fingerprint density at radius 1 is 1.04 bits per heavy atom. The lowest BCUT2D eigenvalue weighted by molar-refractivity contribution is -0.0402. The first-order valence-electron chi connectivity index (χ1n) is 9.94. The summed E-state index contributed by atoms with van der Waals surface area (Å²) in [5.74, 6) is 0.532. The number of esters is 1. The van der Waals surface area contributed by atoms with E-state index >= 15 is 0 Å². The summed E-state index contributed by atoms with van der Waals surface area (Å²) < 4.78 is 11.2. The van der Waals surface area contributed by atoms with Crippen LogP contribution in [-0.4, -0.2) is 41.7 Å². The number of hydrogen-bond acceptors (Lipinski definition) is 4. The summed E-state index contributed by atoms with van der Waals surface area (Å²) in [6.45, 7) is 13.2. The molecule has 1 aliphatic rings. The minimum atomic E-state index is -0.266. The first kappa shape index (κ1) is 20.8. The van der Waals surface area contributed by atoms with E-state index in [9.17, 15) is 4.79 Å². The van der Waals surface area contributed by atoms with E-state index in [0.29, 0.717) is 18.8 Å². The van der Waals surface area contributed by atoms with Crippen molar-refractivity contribution in [2.75, 3.05) is 19.8 Å². The molecule has 4 heteroatoms. The molecule has 0 aliphatic carbocycles. The smallest absolute Gasteiger partial charge is 0.338 e. The minimum absolute atomic E-state index is 0.144. The summed E-state index contributed by atoms with van der Waals surface area (Å²) in [5, 5.41) is 0. The van der Waals surface area contributed by atoms with Crippen LogP contribution in [0.25, 0.3) is 0 Å². The van der Waals surface area contributed by atoms with Crippen molar-refractivity contribution in [1.82, 2.24) is 4.90 Å². The van der Waals surface area contributed by atoms with E-state index in [-0.39, 0.29) is 17.0 Å². The summed E-state index contributed by atoms with van der Waals surface area (Å²) in [5.41, 5.74) is 0.863. The zero-order valence-corrected chi connectivity index (χ0v) is 17.1. The zero-order chi connectivity index (χ0) is 19.2. The third kappa shape index (κ3) is 5.47. The second kappa shape index (κ2) is 8.90. The number of hydrogen-bond donors (Lipinski definition) is 0. The predicted octanol–water partition coefficient (Wildman–Crippen LogP) is 5.07. The Balaban J connectivity index is 1.84. The van der Waals surface area contributed by atoms with Gasteiger partial charge in [-0.1, -0.05) is 13.3 Å². The Morgan fingerprint density at radius 3 is 2.23 bits per heavy atom. The second-order valence-corrected chi connectivity index (χ2v) is 8.49. The van der Waals surface area contributed by atoms with Gasteiger partial charge in [-0.25, -0.2) is 4.79 Å². The van der Waals surface area contributed by atoms with Gasteiger partial charge < -0.3 is 9.47 Å². The summed E-state index contributed by atoms with van der Waals surface area (Å²) in [4.78, 5) is 14.8. The van der Waals surface area contributed by atoms with E-state index in [1.54, 1.807) is 12.1 Å². The van der Waals surface area contributed by atoms with E-state index in [2.05, 4.69) is 39.5 Å². The molecule has 1 aliphatic heterocycles. The highest BCUT2D eigenvalue weighted by Crippen LogP contribution is 2.37. The van der Waals surface area contributed by atoms with Crippen LogP contribution in [0.3, 0.4) is 0 Å². The molecule has 1 heterocycles. The van der Waals surface area contributed by atoms with Crippen molar-refractivity contribution in [1.29, 1.82) is 0 Å². The Bertz CT molecular complexity index is 562. The summed E-state index contributed by atoms with van der Waals surface area (Å²) >= 11 is 0. The molecule has 1 aromatic rings. The predicted molar refractivity (Wildman–Crippen MR) is 106 cm³/mol. The minimum Gasteiger partial charge on any atom is -0.494 e. The Hall–Kier alpha value is -1.55. The number of unbranched alkanes of at least 4 members (excludes halogenated alkanes) is 1. The molecule has 0 unspecified atom stereocenters. The maximum Gasteiger partial charge on any atom is 0.338 e. The SMILES string of the molecule is CCCCOc1ccc(C(=O)OCCN2C(C)(C)CCCC2(C)C)cc1. The fourth-order valence-electron chi connectivity index (χ4n) is 3.98. The molecule has 1 saturated heterocycles. The standard InChI is InChI=1S/C22H35NO3/c1-6-7-16-25-19-11-9-18(10-12-19)20(24)26-17-15-23-21(2,3)13-8-14-22(23,4)5/h9-12H,6-8,13-17H2,1-5H3. The van der Waals surface area contributed by atoms with Gasteiger partial charge >= 0.3 is 5.97 Å². The van der Waals surface area contributed by atoms with Crippen molar-refractivity contribution in [3.63, 3.8) is 0 Å². The van der Waals surface area contributed by atoms with Crippen molar-refractivity contribution < 1.29 is 14.3 Å².